The first-order chi connectivity index (χ1) is 8.22. The Morgan fingerprint density at radius 2 is 2.10 bits per heavy atom. The Balaban J connectivity index is 0. The number of imidazole rings is 1. The molecule has 3 N–H and O–H groups in total. The van der Waals surface area contributed by atoms with E-state index < -0.39 is 0 Å². The normalized spacial score (nSPS) is 10.3. The van der Waals surface area contributed by atoms with Gasteiger partial charge in [0, 0.05) is 12.5 Å². The molecule has 0 fully saturated rings. The second-order valence-corrected chi connectivity index (χ2v) is 3.86. The molecule has 0 aromatic carbocycles. The van der Waals surface area contributed by atoms with Crippen LogP contribution in [-0.2, 0) is 0 Å². The molecule has 0 saturated heterocycles. The summed E-state index contributed by atoms with van der Waals surface area (Å²) in [5.41, 5.74) is 7.81. The van der Waals surface area contributed by atoms with Crippen LogP contribution in [0.5, 0.6) is 0 Å². The molecule has 0 aliphatic rings. The van der Waals surface area contributed by atoms with E-state index in [9.17, 15) is 0 Å². The molecule has 0 amide bonds. The third kappa shape index (κ3) is 4.73. The summed E-state index contributed by atoms with van der Waals surface area (Å²) in [6.45, 7) is 2.08. The highest BCUT2D eigenvalue weighted by atomic mass is 35.5. The van der Waals surface area contributed by atoms with E-state index in [2.05, 4.69) is 34.2 Å². The average molecular weight is 339 g/mol. The Morgan fingerprint density at radius 3 is 2.75 bits per heavy atom. The van der Waals surface area contributed by atoms with Crippen molar-refractivity contribution in [1.82, 2.24) is 19.9 Å². The van der Waals surface area contributed by atoms with Crippen LogP contribution in [0.4, 0.5) is 5.69 Å². The SMILES string of the molecule is CN[C@@H](C)CC#Cc1cnc2c(N)ccnn12.Cl.Cl.Cl. The second-order valence-electron chi connectivity index (χ2n) is 3.86. The third-order valence-electron chi connectivity index (χ3n) is 2.55. The van der Waals surface area contributed by atoms with Crippen LogP contribution < -0.4 is 11.1 Å². The van der Waals surface area contributed by atoms with E-state index in [0.717, 1.165) is 12.1 Å². The van der Waals surface area contributed by atoms with Crippen molar-refractivity contribution in [3.63, 3.8) is 0 Å². The highest BCUT2D eigenvalue weighted by Gasteiger charge is 2.03. The van der Waals surface area contributed by atoms with Gasteiger partial charge in [0.15, 0.2) is 5.65 Å². The van der Waals surface area contributed by atoms with Crippen molar-refractivity contribution >= 4 is 48.6 Å². The lowest BCUT2D eigenvalue weighted by Crippen LogP contribution is -2.19. The summed E-state index contributed by atoms with van der Waals surface area (Å²) >= 11 is 0. The highest BCUT2D eigenvalue weighted by Crippen LogP contribution is 2.10. The fourth-order valence-corrected chi connectivity index (χ4v) is 1.40. The van der Waals surface area contributed by atoms with E-state index in [0.29, 0.717) is 17.4 Å². The maximum Gasteiger partial charge on any atom is 0.178 e. The van der Waals surface area contributed by atoms with Gasteiger partial charge in [-0.1, -0.05) is 5.92 Å². The predicted octanol–water partition coefficient (Wildman–Crippen LogP) is 1.93. The van der Waals surface area contributed by atoms with E-state index >= 15 is 0 Å². The van der Waals surface area contributed by atoms with Gasteiger partial charge >= 0.3 is 0 Å². The first kappa shape index (κ1) is 21.1. The van der Waals surface area contributed by atoms with Crippen LogP contribution in [0.2, 0.25) is 0 Å². The van der Waals surface area contributed by atoms with E-state index in [1.807, 2.05) is 7.05 Å². The summed E-state index contributed by atoms with van der Waals surface area (Å²) in [5.74, 6) is 6.15. The van der Waals surface area contributed by atoms with Gasteiger partial charge in [-0.25, -0.2) is 9.50 Å². The minimum absolute atomic E-state index is 0. The molecule has 0 unspecified atom stereocenters. The van der Waals surface area contributed by atoms with Crippen LogP contribution in [0.1, 0.15) is 19.0 Å². The van der Waals surface area contributed by atoms with Gasteiger partial charge in [0.05, 0.1) is 18.1 Å². The molecule has 0 saturated carbocycles. The zero-order valence-corrected chi connectivity index (χ0v) is 13.6. The number of halogens is 3. The van der Waals surface area contributed by atoms with Crippen molar-refractivity contribution in [3.8, 4) is 11.8 Å². The first-order valence-corrected chi connectivity index (χ1v) is 5.46. The summed E-state index contributed by atoms with van der Waals surface area (Å²) in [6.07, 6.45) is 4.12. The lowest BCUT2D eigenvalue weighted by molar-refractivity contribution is 0.628. The molecule has 2 rings (SSSR count). The number of anilines is 1. The minimum Gasteiger partial charge on any atom is -0.396 e. The van der Waals surface area contributed by atoms with Crippen LogP contribution in [0.25, 0.3) is 5.65 Å². The number of fused-ring (bicyclic) bond motifs is 1. The largest absolute Gasteiger partial charge is 0.396 e. The fourth-order valence-electron chi connectivity index (χ4n) is 1.40. The molecule has 0 radical (unpaired) electrons. The number of aromatic nitrogens is 3. The molecular formula is C12H18Cl3N5. The average Bonchev–Trinajstić information content (AvgIpc) is 2.74. The monoisotopic (exact) mass is 337 g/mol. The van der Waals surface area contributed by atoms with Crippen LogP contribution in [-0.4, -0.2) is 27.7 Å². The first-order valence-electron chi connectivity index (χ1n) is 5.46. The van der Waals surface area contributed by atoms with Crippen molar-refractivity contribution in [2.24, 2.45) is 0 Å². The Hall–Kier alpha value is -1.19. The Kier molecular flexibility index (Phi) is 10.2. The molecule has 2 heterocycles. The molecule has 1 atom stereocenters. The van der Waals surface area contributed by atoms with Gasteiger partial charge in [-0.05, 0) is 26.0 Å². The van der Waals surface area contributed by atoms with Crippen LogP contribution >= 0.6 is 37.2 Å². The van der Waals surface area contributed by atoms with Crippen molar-refractivity contribution in [1.29, 1.82) is 0 Å². The van der Waals surface area contributed by atoms with Gasteiger partial charge in [0.1, 0.15) is 5.69 Å². The number of rotatable bonds is 2. The molecular weight excluding hydrogens is 321 g/mol. The number of nitrogen functional groups attached to an aromatic ring is 1. The molecule has 0 aliphatic carbocycles. The standard InChI is InChI=1S/C12H15N5.3ClH/c1-9(14-2)4-3-5-10-8-15-12-11(13)6-7-16-17(10)12;;;/h6-9,14H,4,13H2,1-2H3;3*1H/t9-;;;/m0.../s1. The summed E-state index contributed by atoms with van der Waals surface area (Å²) in [5, 5.41) is 7.31. The van der Waals surface area contributed by atoms with Crippen molar-refractivity contribution in [2.45, 2.75) is 19.4 Å². The van der Waals surface area contributed by atoms with Gasteiger partial charge in [-0.3, -0.25) is 0 Å². The Labute approximate surface area is 136 Å². The van der Waals surface area contributed by atoms with Crippen molar-refractivity contribution in [2.75, 3.05) is 12.8 Å². The quantitative estimate of drug-likeness (QED) is 0.821. The van der Waals surface area contributed by atoms with Gasteiger partial charge < -0.3 is 11.1 Å². The zero-order chi connectivity index (χ0) is 12.3. The molecule has 0 bridgehead atoms. The van der Waals surface area contributed by atoms with Crippen LogP contribution in [0, 0.1) is 11.8 Å². The summed E-state index contributed by atoms with van der Waals surface area (Å²) < 4.78 is 1.66. The van der Waals surface area contributed by atoms with Crippen molar-refractivity contribution < 1.29 is 0 Å². The molecule has 0 aliphatic heterocycles. The number of nitrogens with zero attached hydrogens (tertiary/aromatic N) is 3. The van der Waals surface area contributed by atoms with E-state index in [1.54, 1.807) is 23.0 Å². The topological polar surface area (TPSA) is 68.2 Å². The Morgan fingerprint density at radius 1 is 1.40 bits per heavy atom. The highest BCUT2D eigenvalue weighted by molar-refractivity contribution is 5.86. The predicted molar refractivity (Wildman–Crippen MR) is 89.2 cm³/mol. The molecule has 20 heavy (non-hydrogen) atoms. The minimum atomic E-state index is 0. The van der Waals surface area contributed by atoms with E-state index in [1.165, 1.54) is 0 Å². The molecule has 5 nitrogen and oxygen atoms in total. The second kappa shape index (κ2) is 9.67. The molecule has 0 spiro atoms. The summed E-state index contributed by atoms with van der Waals surface area (Å²) in [4.78, 5) is 4.19. The lowest BCUT2D eigenvalue weighted by Gasteiger charge is -2.02. The lowest BCUT2D eigenvalue weighted by atomic mass is 10.2. The van der Waals surface area contributed by atoms with Crippen LogP contribution in [0.3, 0.4) is 0 Å². The maximum absolute atomic E-state index is 5.79. The number of nitrogens with two attached hydrogens (primary N) is 1. The number of hydrogen-bond acceptors (Lipinski definition) is 4. The smallest absolute Gasteiger partial charge is 0.178 e. The van der Waals surface area contributed by atoms with E-state index in [4.69, 9.17) is 5.73 Å². The van der Waals surface area contributed by atoms with E-state index in [-0.39, 0.29) is 37.2 Å². The van der Waals surface area contributed by atoms with Gasteiger partial charge in [0.2, 0.25) is 0 Å². The fraction of sp³-hybridized carbons (Fsp3) is 0.333. The van der Waals surface area contributed by atoms with Crippen molar-refractivity contribution in [3.05, 3.63) is 24.2 Å². The van der Waals surface area contributed by atoms with Gasteiger partial charge in [-0.2, -0.15) is 5.10 Å². The summed E-state index contributed by atoms with van der Waals surface area (Å²) in [6, 6.07) is 2.10. The maximum atomic E-state index is 5.79. The van der Waals surface area contributed by atoms with Crippen LogP contribution in [0.15, 0.2) is 18.5 Å². The van der Waals surface area contributed by atoms with Gasteiger partial charge in [0.25, 0.3) is 0 Å². The number of nitrogens with one attached hydrogen (secondary N) is 1. The molecule has 112 valence electrons. The molecule has 8 heteroatoms. The Bertz CT molecular complexity index is 588. The third-order valence-corrected chi connectivity index (χ3v) is 2.55. The molecule has 2 aromatic rings. The number of hydrogen-bond donors (Lipinski definition) is 2. The van der Waals surface area contributed by atoms with Gasteiger partial charge in [-0.15, -0.1) is 37.2 Å². The zero-order valence-electron chi connectivity index (χ0n) is 11.2. The summed E-state index contributed by atoms with van der Waals surface area (Å²) in [7, 11) is 1.92. The molecule has 2 aromatic heterocycles.